The fraction of sp³-hybridized carbons (Fsp3) is 0.476. The van der Waals surface area contributed by atoms with Gasteiger partial charge in [-0.25, -0.2) is 19.7 Å². The average Bonchev–Trinajstić information content (AvgIpc) is 2.85. The van der Waals surface area contributed by atoms with Crippen molar-refractivity contribution in [1.82, 2.24) is 25.2 Å². The largest absolute Gasteiger partial charge is 0.378 e. The Bertz CT molecular complexity index is 882. The number of carbonyl (C=O) groups excluding carboxylic acids is 2. The van der Waals surface area contributed by atoms with Crippen LogP contribution in [0.1, 0.15) is 6.42 Å². The van der Waals surface area contributed by atoms with Crippen LogP contribution in [-0.4, -0.2) is 90.8 Å². The van der Waals surface area contributed by atoms with Crippen molar-refractivity contribution in [2.24, 2.45) is 0 Å². The van der Waals surface area contributed by atoms with Gasteiger partial charge in [0.25, 0.3) is 0 Å². The maximum absolute atomic E-state index is 12.4. The van der Waals surface area contributed by atoms with Gasteiger partial charge in [-0.2, -0.15) is 0 Å². The molecule has 2 aliphatic rings. The molecule has 0 aromatic carbocycles. The molecule has 0 unspecified atom stereocenters. The smallest absolute Gasteiger partial charge is 0.319 e. The van der Waals surface area contributed by atoms with Crippen molar-refractivity contribution in [1.29, 1.82) is 0 Å². The third-order valence-corrected chi connectivity index (χ3v) is 5.43. The topological polar surface area (TPSA) is 116 Å². The first-order chi connectivity index (χ1) is 15.7. The number of nitrogens with one attached hydrogen (secondary N) is 2. The van der Waals surface area contributed by atoms with E-state index in [9.17, 15) is 9.59 Å². The van der Waals surface area contributed by atoms with E-state index in [1.807, 2.05) is 17.0 Å². The summed E-state index contributed by atoms with van der Waals surface area (Å²) in [5.41, 5.74) is 0.602. The number of morpholine rings is 1. The Morgan fingerprint density at radius 3 is 2.38 bits per heavy atom. The van der Waals surface area contributed by atoms with Crippen molar-refractivity contribution in [3.05, 3.63) is 36.8 Å². The molecule has 2 aromatic heterocycles. The maximum atomic E-state index is 12.4. The van der Waals surface area contributed by atoms with Gasteiger partial charge < -0.3 is 30.1 Å². The molecule has 0 aliphatic carbocycles. The van der Waals surface area contributed by atoms with E-state index in [1.54, 1.807) is 24.7 Å². The van der Waals surface area contributed by atoms with Crippen LogP contribution >= 0.6 is 0 Å². The predicted octanol–water partition coefficient (Wildman–Crippen LogP) is 0.569. The van der Waals surface area contributed by atoms with Crippen LogP contribution in [0.3, 0.4) is 0 Å². The predicted molar refractivity (Wildman–Crippen MR) is 120 cm³/mol. The van der Waals surface area contributed by atoms with Gasteiger partial charge in [-0.05, 0) is 18.2 Å². The molecule has 0 atom stereocenters. The second-order valence-corrected chi connectivity index (χ2v) is 7.55. The maximum Gasteiger partial charge on any atom is 0.319 e. The van der Waals surface area contributed by atoms with Crippen molar-refractivity contribution in [2.75, 3.05) is 74.1 Å². The van der Waals surface area contributed by atoms with E-state index < -0.39 is 0 Å². The van der Waals surface area contributed by atoms with Crippen LogP contribution < -0.4 is 20.4 Å². The molecule has 0 spiro atoms. The lowest BCUT2D eigenvalue weighted by atomic mass is 10.3. The lowest BCUT2D eigenvalue weighted by Gasteiger charge is -2.34. The number of piperazine rings is 1. The second kappa shape index (κ2) is 10.7. The number of carbonyl (C=O) groups is 2. The van der Waals surface area contributed by atoms with Crippen LogP contribution in [0.5, 0.6) is 0 Å². The lowest BCUT2D eigenvalue weighted by Crippen LogP contribution is -2.49. The van der Waals surface area contributed by atoms with Crippen molar-refractivity contribution in [3.8, 4) is 0 Å². The molecule has 0 saturated carbocycles. The summed E-state index contributed by atoms with van der Waals surface area (Å²) in [6.45, 7) is 5.89. The zero-order valence-electron chi connectivity index (χ0n) is 17.9. The Morgan fingerprint density at radius 2 is 1.69 bits per heavy atom. The molecular weight excluding hydrogens is 412 g/mol. The first-order valence-electron chi connectivity index (χ1n) is 10.8. The van der Waals surface area contributed by atoms with Crippen LogP contribution in [0.4, 0.5) is 22.2 Å². The van der Waals surface area contributed by atoms with Gasteiger partial charge in [0.05, 0.1) is 25.1 Å². The highest BCUT2D eigenvalue weighted by Gasteiger charge is 2.22. The Kier molecular flexibility index (Phi) is 7.28. The number of aromatic nitrogens is 3. The van der Waals surface area contributed by atoms with E-state index in [0.29, 0.717) is 51.0 Å². The molecule has 0 bridgehead atoms. The molecule has 32 heavy (non-hydrogen) atoms. The van der Waals surface area contributed by atoms with Crippen LogP contribution in [0.15, 0.2) is 36.8 Å². The number of amides is 3. The zero-order valence-corrected chi connectivity index (χ0v) is 17.9. The van der Waals surface area contributed by atoms with Gasteiger partial charge in [0, 0.05) is 64.6 Å². The molecule has 2 saturated heterocycles. The summed E-state index contributed by atoms with van der Waals surface area (Å²) in [5, 5.41) is 5.48. The molecule has 170 valence electrons. The summed E-state index contributed by atoms with van der Waals surface area (Å²) in [6.07, 6.45) is 5.31. The van der Waals surface area contributed by atoms with E-state index in [4.69, 9.17) is 4.74 Å². The Morgan fingerprint density at radius 1 is 0.938 bits per heavy atom. The second-order valence-electron chi connectivity index (χ2n) is 7.55. The summed E-state index contributed by atoms with van der Waals surface area (Å²) < 4.78 is 5.34. The number of urea groups is 1. The van der Waals surface area contributed by atoms with Gasteiger partial charge in [-0.1, -0.05) is 0 Å². The molecule has 11 heteroatoms. The van der Waals surface area contributed by atoms with Crippen molar-refractivity contribution in [3.63, 3.8) is 0 Å². The molecule has 2 aromatic rings. The third kappa shape index (κ3) is 5.82. The van der Waals surface area contributed by atoms with E-state index in [2.05, 4.69) is 35.4 Å². The standard InChI is InChI=1S/C21H28N8O3/c30-19(28-8-10-29(11-9-28)20-22-5-1-6-23-20)4-7-24-21(31)26-17-2-3-18(25-16-17)27-12-14-32-15-13-27/h1-3,5-6,16H,4,7-15H2,(H2,24,26,31). The van der Waals surface area contributed by atoms with Crippen LogP contribution in [-0.2, 0) is 9.53 Å². The first-order valence-corrected chi connectivity index (χ1v) is 10.8. The van der Waals surface area contributed by atoms with E-state index in [0.717, 1.165) is 18.9 Å². The Hall–Kier alpha value is -3.47. The number of pyridine rings is 1. The highest BCUT2D eigenvalue weighted by atomic mass is 16.5. The monoisotopic (exact) mass is 440 g/mol. The summed E-state index contributed by atoms with van der Waals surface area (Å²) in [7, 11) is 0. The molecular formula is C21H28N8O3. The average molecular weight is 441 g/mol. The van der Waals surface area contributed by atoms with Gasteiger partial charge in [0.2, 0.25) is 11.9 Å². The van der Waals surface area contributed by atoms with Crippen LogP contribution in [0.2, 0.25) is 0 Å². The molecule has 0 radical (unpaired) electrons. The van der Waals surface area contributed by atoms with E-state index >= 15 is 0 Å². The SMILES string of the molecule is O=C(NCCC(=O)N1CCN(c2ncccn2)CC1)Nc1ccc(N2CCOCC2)nc1. The van der Waals surface area contributed by atoms with Gasteiger partial charge in [-0.15, -0.1) is 0 Å². The summed E-state index contributed by atoms with van der Waals surface area (Å²) in [5.74, 6) is 1.57. The zero-order chi connectivity index (χ0) is 22.2. The van der Waals surface area contributed by atoms with Gasteiger partial charge >= 0.3 is 6.03 Å². The lowest BCUT2D eigenvalue weighted by molar-refractivity contribution is -0.131. The number of ether oxygens (including phenoxy) is 1. The molecule has 2 fully saturated rings. The summed E-state index contributed by atoms with van der Waals surface area (Å²) >= 11 is 0. The molecule has 11 nitrogen and oxygen atoms in total. The van der Waals surface area contributed by atoms with E-state index in [-0.39, 0.29) is 24.9 Å². The normalized spacial score (nSPS) is 16.6. The fourth-order valence-corrected chi connectivity index (χ4v) is 3.67. The molecule has 3 amide bonds. The minimum absolute atomic E-state index is 0.0236. The quantitative estimate of drug-likeness (QED) is 0.670. The number of anilines is 3. The molecule has 2 N–H and O–H groups in total. The van der Waals surface area contributed by atoms with Gasteiger partial charge in [0.15, 0.2) is 0 Å². The minimum Gasteiger partial charge on any atom is -0.378 e. The highest BCUT2D eigenvalue weighted by molar-refractivity contribution is 5.89. The highest BCUT2D eigenvalue weighted by Crippen LogP contribution is 2.15. The summed E-state index contributed by atoms with van der Waals surface area (Å²) in [4.78, 5) is 43.5. The van der Waals surface area contributed by atoms with Crippen molar-refractivity contribution in [2.45, 2.75) is 6.42 Å². The molecule has 4 heterocycles. The summed E-state index contributed by atoms with van der Waals surface area (Å²) in [6, 6.07) is 5.12. The van der Waals surface area contributed by atoms with E-state index in [1.165, 1.54) is 0 Å². The number of nitrogens with zero attached hydrogens (tertiary/aromatic N) is 6. The van der Waals surface area contributed by atoms with Crippen LogP contribution in [0.25, 0.3) is 0 Å². The fourth-order valence-electron chi connectivity index (χ4n) is 3.67. The Balaban J connectivity index is 1.14. The number of hydrogen-bond acceptors (Lipinski definition) is 8. The van der Waals surface area contributed by atoms with Crippen LogP contribution in [0, 0.1) is 0 Å². The number of hydrogen-bond donors (Lipinski definition) is 2. The van der Waals surface area contributed by atoms with Gasteiger partial charge in [-0.3, -0.25) is 4.79 Å². The third-order valence-electron chi connectivity index (χ3n) is 5.43. The Labute approximate surface area is 186 Å². The minimum atomic E-state index is -0.357. The molecule has 2 aliphatic heterocycles. The van der Waals surface area contributed by atoms with Gasteiger partial charge in [0.1, 0.15) is 5.82 Å². The first kappa shape index (κ1) is 21.8. The van der Waals surface area contributed by atoms with Crippen molar-refractivity contribution < 1.29 is 14.3 Å². The molecule has 4 rings (SSSR count). The van der Waals surface area contributed by atoms with Crippen molar-refractivity contribution >= 4 is 29.4 Å². The number of rotatable bonds is 6.